The maximum Gasteiger partial charge on any atom is 0.110 e. The number of hydrogen-bond acceptors (Lipinski definition) is 2. The van der Waals surface area contributed by atoms with Crippen LogP contribution < -0.4 is 5.73 Å². The normalized spacial score (nSPS) is 18.7. The van der Waals surface area contributed by atoms with E-state index in [0.717, 1.165) is 37.2 Å². The van der Waals surface area contributed by atoms with Crippen LogP contribution in [-0.2, 0) is 12.8 Å². The van der Waals surface area contributed by atoms with Crippen molar-refractivity contribution in [3.8, 4) is 0 Å². The zero-order valence-corrected chi connectivity index (χ0v) is 10.8. The number of rotatable bonds is 2. The number of nitrogens with zero attached hydrogens (tertiary/aromatic N) is 2. The molecule has 0 saturated carbocycles. The summed E-state index contributed by atoms with van der Waals surface area (Å²) in [5.74, 6) is 1.15. The second-order valence-electron chi connectivity index (χ2n) is 5.18. The Balaban J connectivity index is 1.83. The van der Waals surface area contributed by atoms with Gasteiger partial charge >= 0.3 is 0 Å². The Kier molecular flexibility index (Phi) is 2.92. The summed E-state index contributed by atoms with van der Waals surface area (Å²) in [4.78, 5) is 4.70. The molecule has 3 nitrogen and oxygen atoms in total. The maximum atomic E-state index is 6.10. The van der Waals surface area contributed by atoms with Gasteiger partial charge in [0.25, 0.3) is 0 Å². The van der Waals surface area contributed by atoms with Gasteiger partial charge in [-0.2, -0.15) is 0 Å². The Hall–Kier alpha value is -1.61. The van der Waals surface area contributed by atoms with Gasteiger partial charge in [-0.3, -0.25) is 0 Å². The first-order valence-corrected chi connectivity index (χ1v) is 6.60. The first-order chi connectivity index (χ1) is 8.72. The van der Waals surface area contributed by atoms with Crippen LogP contribution in [-0.4, -0.2) is 9.55 Å². The van der Waals surface area contributed by atoms with Gasteiger partial charge in [0.05, 0.1) is 11.9 Å². The lowest BCUT2D eigenvalue weighted by Crippen LogP contribution is -2.24. The van der Waals surface area contributed by atoms with Crippen LogP contribution in [0.2, 0.25) is 0 Å². The van der Waals surface area contributed by atoms with E-state index in [1.807, 2.05) is 0 Å². The lowest BCUT2D eigenvalue weighted by molar-refractivity contribution is 0.408. The molecule has 1 unspecified atom stereocenters. The highest BCUT2D eigenvalue weighted by molar-refractivity contribution is 5.25. The van der Waals surface area contributed by atoms with Gasteiger partial charge in [-0.15, -0.1) is 0 Å². The molecular weight excluding hydrogens is 222 g/mol. The molecule has 1 aliphatic heterocycles. The van der Waals surface area contributed by atoms with E-state index >= 15 is 0 Å². The first kappa shape index (κ1) is 11.5. The van der Waals surface area contributed by atoms with Gasteiger partial charge in [0, 0.05) is 19.0 Å². The summed E-state index contributed by atoms with van der Waals surface area (Å²) in [6, 6.07) is 8.65. The Morgan fingerprint density at radius 2 is 2.11 bits per heavy atom. The molecule has 2 heterocycles. The van der Waals surface area contributed by atoms with Crippen molar-refractivity contribution in [2.24, 2.45) is 5.73 Å². The Morgan fingerprint density at radius 3 is 2.83 bits per heavy atom. The van der Waals surface area contributed by atoms with Crippen LogP contribution in [0.15, 0.2) is 30.5 Å². The summed E-state index contributed by atoms with van der Waals surface area (Å²) in [6.45, 7) is 2.11. The predicted molar refractivity (Wildman–Crippen MR) is 72.4 cm³/mol. The smallest absolute Gasteiger partial charge is 0.110 e. The molecule has 2 N–H and O–H groups in total. The van der Waals surface area contributed by atoms with Gasteiger partial charge in [0.1, 0.15) is 5.82 Å². The molecule has 3 rings (SSSR count). The highest BCUT2D eigenvalue weighted by atomic mass is 15.2. The minimum Gasteiger partial charge on any atom is -0.319 e. The largest absolute Gasteiger partial charge is 0.319 e. The van der Waals surface area contributed by atoms with Crippen LogP contribution in [0.4, 0.5) is 0 Å². The van der Waals surface area contributed by atoms with Gasteiger partial charge in [-0.05, 0) is 25.3 Å². The molecule has 1 atom stereocenters. The number of aromatic nitrogens is 2. The molecule has 1 aromatic heterocycles. The fourth-order valence-electron chi connectivity index (χ4n) is 2.57. The third-order valence-electron chi connectivity index (χ3n) is 3.62. The zero-order valence-electron chi connectivity index (χ0n) is 10.8. The third-order valence-corrected chi connectivity index (χ3v) is 3.62. The number of aryl methyl sites for hydroxylation is 2. The van der Waals surface area contributed by atoms with Crippen molar-refractivity contribution < 1.29 is 0 Å². The van der Waals surface area contributed by atoms with Crippen LogP contribution in [0.25, 0.3) is 0 Å². The van der Waals surface area contributed by atoms with Crippen LogP contribution in [0, 0.1) is 6.92 Å². The molecule has 2 aromatic rings. The number of imidazole rings is 1. The van der Waals surface area contributed by atoms with E-state index < -0.39 is 0 Å². The summed E-state index contributed by atoms with van der Waals surface area (Å²) in [7, 11) is 0. The van der Waals surface area contributed by atoms with E-state index in [2.05, 4.69) is 42.0 Å². The predicted octanol–water partition coefficient (Wildman–Crippen LogP) is 2.58. The van der Waals surface area contributed by atoms with E-state index in [4.69, 9.17) is 10.7 Å². The zero-order chi connectivity index (χ0) is 12.5. The van der Waals surface area contributed by atoms with Gasteiger partial charge in [0.2, 0.25) is 0 Å². The summed E-state index contributed by atoms with van der Waals surface area (Å²) < 4.78 is 2.15. The minimum absolute atomic E-state index is 0.119. The van der Waals surface area contributed by atoms with Gasteiger partial charge in [-0.25, -0.2) is 4.98 Å². The van der Waals surface area contributed by atoms with Gasteiger partial charge < -0.3 is 10.3 Å². The van der Waals surface area contributed by atoms with Crippen LogP contribution in [0.5, 0.6) is 0 Å². The van der Waals surface area contributed by atoms with Gasteiger partial charge in [0.15, 0.2) is 0 Å². The highest BCUT2D eigenvalue weighted by Gasteiger charge is 2.18. The molecule has 0 amide bonds. The Morgan fingerprint density at radius 1 is 1.33 bits per heavy atom. The molecule has 0 bridgehead atoms. The SMILES string of the molecule is Cc1ccc(Cc2cn3c(n2)CCCC3N)cc1. The highest BCUT2D eigenvalue weighted by Crippen LogP contribution is 2.22. The number of nitrogens with two attached hydrogens (primary N) is 1. The molecule has 0 aliphatic carbocycles. The summed E-state index contributed by atoms with van der Waals surface area (Å²) in [6.07, 6.45) is 6.41. The van der Waals surface area contributed by atoms with E-state index in [9.17, 15) is 0 Å². The molecule has 3 heteroatoms. The van der Waals surface area contributed by atoms with Crippen molar-refractivity contribution in [2.45, 2.75) is 38.8 Å². The van der Waals surface area contributed by atoms with Crippen LogP contribution >= 0.6 is 0 Å². The molecule has 94 valence electrons. The fraction of sp³-hybridized carbons (Fsp3) is 0.400. The summed E-state index contributed by atoms with van der Waals surface area (Å²) in [5.41, 5.74) is 9.83. The van der Waals surface area contributed by atoms with Crippen LogP contribution in [0.3, 0.4) is 0 Å². The van der Waals surface area contributed by atoms with Crippen molar-refractivity contribution in [3.63, 3.8) is 0 Å². The second kappa shape index (κ2) is 4.58. The number of hydrogen-bond donors (Lipinski definition) is 1. The number of fused-ring (bicyclic) bond motifs is 1. The molecule has 1 aliphatic rings. The lowest BCUT2D eigenvalue weighted by Gasteiger charge is -2.20. The van der Waals surface area contributed by atoms with Crippen molar-refractivity contribution in [1.29, 1.82) is 0 Å². The third kappa shape index (κ3) is 2.18. The second-order valence-corrected chi connectivity index (χ2v) is 5.18. The minimum atomic E-state index is 0.119. The van der Waals surface area contributed by atoms with Gasteiger partial charge in [-0.1, -0.05) is 29.8 Å². The van der Waals surface area contributed by atoms with E-state index in [1.165, 1.54) is 11.1 Å². The average Bonchev–Trinajstić information content (AvgIpc) is 2.76. The monoisotopic (exact) mass is 241 g/mol. The summed E-state index contributed by atoms with van der Waals surface area (Å²) >= 11 is 0. The maximum absolute atomic E-state index is 6.10. The standard InChI is InChI=1S/C15H19N3/c1-11-5-7-12(8-6-11)9-13-10-18-14(16)3-2-4-15(18)17-13/h5-8,10,14H,2-4,9,16H2,1H3. The van der Waals surface area contributed by atoms with Crippen molar-refractivity contribution in [3.05, 3.63) is 53.1 Å². The van der Waals surface area contributed by atoms with Crippen LogP contribution in [0.1, 0.15) is 41.7 Å². The first-order valence-electron chi connectivity index (χ1n) is 6.60. The molecule has 0 saturated heterocycles. The fourth-order valence-corrected chi connectivity index (χ4v) is 2.57. The van der Waals surface area contributed by atoms with Crippen molar-refractivity contribution in [2.75, 3.05) is 0 Å². The average molecular weight is 241 g/mol. The molecule has 18 heavy (non-hydrogen) atoms. The summed E-state index contributed by atoms with van der Waals surface area (Å²) in [5, 5.41) is 0. The van der Waals surface area contributed by atoms with Crippen molar-refractivity contribution in [1.82, 2.24) is 9.55 Å². The molecule has 0 spiro atoms. The lowest BCUT2D eigenvalue weighted by atomic mass is 10.1. The van der Waals surface area contributed by atoms with E-state index in [0.29, 0.717) is 0 Å². The quantitative estimate of drug-likeness (QED) is 0.878. The number of benzene rings is 1. The Labute approximate surface area is 108 Å². The molecule has 0 fully saturated rings. The van der Waals surface area contributed by atoms with E-state index in [-0.39, 0.29) is 6.17 Å². The molecular formula is C15H19N3. The van der Waals surface area contributed by atoms with E-state index in [1.54, 1.807) is 0 Å². The van der Waals surface area contributed by atoms with Crippen molar-refractivity contribution >= 4 is 0 Å². The Bertz CT molecular complexity index is 539. The molecule has 0 radical (unpaired) electrons. The molecule has 1 aromatic carbocycles. The topological polar surface area (TPSA) is 43.8 Å².